The molecule has 0 saturated carbocycles. The normalized spacial score (nSPS) is 11.8. The van der Waals surface area contributed by atoms with Crippen LogP contribution in [0.5, 0.6) is 0 Å². The maximum atomic E-state index is 5.42. The molecule has 3 nitrogen and oxygen atoms in total. The summed E-state index contributed by atoms with van der Waals surface area (Å²) in [5.41, 5.74) is 3.74. The molecule has 0 saturated heterocycles. The van der Waals surface area contributed by atoms with Crippen LogP contribution in [0.4, 0.5) is 0 Å². The number of aryl methyl sites for hydroxylation is 2. The van der Waals surface area contributed by atoms with Gasteiger partial charge in [0.25, 0.3) is 0 Å². The highest BCUT2D eigenvalue weighted by Gasteiger charge is 2.38. The molecule has 1 rings (SSSR count). The van der Waals surface area contributed by atoms with Crippen molar-refractivity contribution in [3.05, 3.63) is 34.9 Å². The minimum Gasteiger partial charge on any atom is -0.377 e. The molecule has 16 heavy (non-hydrogen) atoms. The average Bonchev–Trinajstić information content (AvgIpc) is 2.29. The molecule has 0 radical (unpaired) electrons. The van der Waals surface area contributed by atoms with Gasteiger partial charge in [0.15, 0.2) is 0 Å². The van der Waals surface area contributed by atoms with Gasteiger partial charge in [-0.25, -0.2) is 0 Å². The Bertz CT molecular complexity index is 340. The Balaban J connectivity index is 2.93. The molecule has 0 amide bonds. The van der Waals surface area contributed by atoms with Crippen molar-refractivity contribution in [3.8, 4) is 0 Å². The van der Waals surface area contributed by atoms with Crippen molar-refractivity contribution in [3.63, 3.8) is 0 Å². The third-order valence-electron chi connectivity index (χ3n) is 2.84. The molecule has 4 heteroatoms. The Morgan fingerprint density at radius 2 is 1.56 bits per heavy atom. The van der Waals surface area contributed by atoms with E-state index in [-0.39, 0.29) is 0 Å². The van der Waals surface area contributed by atoms with Crippen LogP contribution < -0.4 is 0 Å². The predicted molar refractivity (Wildman–Crippen MR) is 66.4 cm³/mol. The molecule has 0 heterocycles. The summed E-state index contributed by atoms with van der Waals surface area (Å²) in [6.07, 6.45) is 0. The molecule has 1 aromatic carbocycles. The molecule has 1 aromatic rings. The quantitative estimate of drug-likeness (QED) is 0.739. The molecule has 0 N–H and O–H groups in total. The van der Waals surface area contributed by atoms with Gasteiger partial charge in [-0.3, -0.25) is 0 Å². The second-order valence-corrected chi connectivity index (χ2v) is 6.85. The van der Waals surface area contributed by atoms with Crippen molar-refractivity contribution >= 4 is 8.80 Å². The first-order valence-electron chi connectivity index (χ1n) is 5.28. The van der Waals surface area contributed by atoms with E-state index >= 15 is 0 Å². The standard InChI is InChI=1S/C12H20O3Si/c1-10-6-7-12(11(2)8-10)9-16(13-3,14-4)15-5/h6-8H,9H2,1-5H3. The Morgan fingerprint density at radius 3 is 2.00 bits per heavy atom. The van der Waals surface area contributed by atoms with E-state index in [0.29, 0.717) is 6.04 Å². The third-order valence-corrected chi connectivity index (χ3v) is 5.52. The fraction of sp³-hybridized carbons (Fsp3) is 0.500. The van der Waals surface area contributed by atoms with Crippen molar-refractivity contribution in [2.24, 2.45) is 0 Å². The largest absolute Gasteiger partial charge is 0.504 e. The summed E-state index contributed by atoms with van der Waals surface area (Å²) < 4.78 is 16.3. The average molecular weight is 240 g/mol. The van der Waals surface area contributed by atoms with Crippen LogP contribution in [-0.4, -0.2) is 30.1 Å². The van der Waals surface area contributed by atoms with Gasteiger partial charge in [-0.05, 0) is 25.0 Å². The number of hydrogen-bond donors (Lipinski definition) is 0. The van der Waals surface area contributed by atoms with E-state index in [1.54, 1.807) is 21.3 Å². The summed E-state index contributed by atoms with van der Waals surface area (Å²) in [7, 11) is 2.42. The van der Waals surface area contributed by atoms with Crippen LogP contribution in [0.2, 0.25) is 0 Å². The highest BCUT2D eigenvalue weighted by atomic mass is 28.4. The minimum atomic E-state index is -2.51. The molecule has 0 atom stereocenters. The van der Waals surface area contributed by atoms with Crippen LogP contribution in [-0.2, 0) is 19.3 Å². The second kappa shape index (κ2) is 5.59. The van der Waals surface area contributed by atoms with E-state index in [1.807, 2.05) is 0 Å². The van der Waals surface area contributed by atoms with E-state index in [1.165, 1.54) is 16.7 Å². The van der Waals surface area contributed by atoms with Crippen molar-refractivity contribution < 1.29 is 13.3 Å². The molecule has 0 unspecified atom stereocenters. The van der Waals surface area contributed by atoms with E-state index in [2.05, 4.69) is 32.0 Å². The molecule has 0 spiro atoms. The lowest BCUT2D eigenvalue weighted by molar-refractivity contribution is 0.122. The Labute approximate surface area is 98.7 Å². The molecule has 0 aliphatic carbocycles. The van der Waals surface area contributed by atoms with Crippen LogP contribution in [0.3, 0.4) is 0 Å². The lowest BCUT2D eigenvalue weighted by Gasteiger charge is -2.25. The zero-order chi connectivity index (χ0) is 12.2. The van der Waals surface area contributed by atoms with E-state index in [0.717, 1.165) is 0 Å². The number of benzene rings is 1. The molecule has 0 bridgehead atoms. The molecular formula is C12H20O3Si. The smallest absolute Gasteiger partial charge is 0.377 e. The zero-order valence-corrected chi connectivity index (χ0v) is 11.7. The van der Waals surface area contributed by atoms with Gasteiger partial charge in [0, 0.05) is 27.4 Å². The van der Waals surface area contributed by atoms with Crippen LogP contribution in [0, 0.1) is 13.8 Å². The van der Waals surface area contributed by atoms with Crippen molar-refractivity contribution in [2.45, 2.75) is 19.9 Å². The maximum Gasteiger partial charge on any atom is 0.504 e. The van der Waals surface area contributed by atoms with Gasteiger partial charge in [0.1, 0.15) is 0 Å². The molecule has 0 aliphatic heterocycles. The monoisotopic (exact) mass is 240 g/mol. The van der Waals surface area contributed by atoms with Crippen molar-refractivity contribution in [1.29, 1.82) is 0 Å². The predicted octanol–water partition coefficient (Wildman–Crippen LogP) is 2.26. The van der Waals surface area contributed by atoms with Gasteiger partial charge < -0.3 is 13.3 Å². The number of hydrogen-bond acceptors (Lipinski definition) is 3. The Kier molecular flexibility index (Phi) is 4.67. The summed E-state index contributed by atoms with van der Waals surface area (Å²) in [4.78, 5) is 0. The molecular weight excluding hydrogens is 220 g/mol. The molecule has 0 fully saturated rings. The first-order chi connectivity index (χ1) is 7.56. The van der Waals surface area contributed by atoms with Crippen LogP contribution in [0.15, 0.2) is 18.2 Å². The highest BCUT2D eigenvalue weighted by Crippen LogP contribution is 2.18. The van der Waals surface area contributed by atoms with Crippen LogP contribution in [0.25, 0.3) is 0 Å². The zero-order valence-electron chi connectivity index (χ0n) is 10.7. The third kappa shape index (κ3) is 2.92. The summed E-state index contributed by atoms with van der Waals surface area (Å²) in [5, 5.41) is 0. The van der Waals surface area contributed by atoms with E-state index in [4.69, 9.17) is 13.3 Å². The highest BCUT2D eigenvalue weighted by molar-refractivity contribution is 6.60. The molecule has 90 valence electrons. The first kappa shape index (κ1) is 13.4. The Hall–Kier alpha value is -0.683. The van der Waals surface area contributed by atoms with Crippen LogP contribution in [0.1, 0.15) is 16.7 Å². The topological polar surface area (TPSA) is 27.7 Å². The van der Waals surface area contributed by atoms with Gasteiger partial charge in [0.05, 0.1) is 0 Å². The van der Waals surface area contributed by atoms with Gasteiger partial charge in [-0.2, -0.15) is 0 Å². The second-order valence-electron chi connectivity index (χ2n) is 3.90. The van der Waals surface area contributed by atoms with Crippen molar-refractivity contribution in [2.75, 3.05) is 21.3 Å². The summed E-state index contributed by atoms with van der Waals surface area (Å²) in [5.74, 6) is 0. The SMILES string of the molecule is CO[Si](Cc1ccc(C)cc1C)(OC)OC. The van der Waals surface area contributed by atoms with E-state index < -0.39 is 8.80 Å². The summed E-state index contributed by atoms with van der Waals surface area (Å²) >= 11 is 0. The first-order valence-corrected chi connectivity index (χ1v) is 7.21. The summed E-state index contributed by atoms with van der Waals surface area (Å²) in [6.45, 7) is 4.19. The van der Waals surface area contributed by atoms with Gasteiger partial charge in [-0.15, -0.1) is 0 Å². The lowest BCUT2D eigenvalue weighted by atomic mass is 10.1. The van der Waals surface area contributed by atoms with Gasteiger partial charge in [-0.1, -0.05) is 23.8 Å². The number of rotatable bonds is 5. The fourth-order valence-electron chi connectivity index (χ4n) is 1.74. The van der Waals surface area contributed by atoms with Gasteiger partial charge >= 0.3 is 8.80 Å². The van der Waals surface area contributed by atoms with Gasteiger partial charge in [0.2, 0.25) is 0 Å². The molecule has 0 aliphatic rings. The van der Waals surface area contributed by atoms with E-state index in [9.17, 15) is 0 Å². The van der Waals surface area contributed by atoms with Crippen molar-refractivity contribution in [1.82, 2.24) is 0 Å². The summed E-state index contributed by atoms with van der Waals surface area (Å²) in [6, 6.07) is 7.09. The molecule has 0 aromatic heterocycles. The fourth-order valence-corrected chi connectivity index (χ4v) is 3.54. The lowest BCUT2D eigenvalue weighted by Crippen LogP contribution is -2.45. The maximum absolute atomic E-state index is 5.42. The Morgan fingerprint density at radius 1 is 1.00 bits per heavy atom. The van der Waals surface area contributed by atoms with Crippen LogP contribution >= 0.6 is 0 Å². The minimum absolute atomic E-state index is 0.711.